The van der Waals surface area contributed by atoms with E-state index in [0.717, 1.165) is 70.5 Å². The molecule has 0 spiro atoms. The molecule has 4 heteroatoms. The number of hydrogen-bond donors (Lipinski definition) is 1. The molecule has 3 aromatic rings. The van der Waals surface area contributed by atoms with Gasteiger partial charge in [0.05, 0.1) is 0 Å². The maximum atomic E-state index is 15.3. The van der Waals surface area contributed by atoms with Crippen LogP contribution in [0.25, 0.3) is 28.0 Å². The molecule has 3 nitrogen and oxygen atoms in total. The highest BCUT2D eigenvalue weighted by Crippen LogP contribution is 2.31. The van der Waals surface area contributed by atoms with Gasteiger partial charge in [0, 0.05) is 41.6 Å². The van der Waals surface area contributed by atoms with Crippen molar-refractivity contribution in [3.05, 3.63) is 70.4 Å². The van der Waals surface area contributed by atoms with E-state index >= 15 is 4.39 Å². The molecule has 2 heterocycles. The smallest absolute Gasteiger partial charge is 0.131 e. The molecule has 0 unspecified atom stereocenters. The number of fused-ring (bicyclic) bond motifs is 1. The van der Waals surface area contributed by atoms with E-state index in [-0.39, 0.29) is 14.7 Å². The topological polar surface area (TPSA) is 37.3 Å². The van der Waals surface area contributed by atoms with Crippen LogP contribution in [0.2, 0.25) is 0 Å². The number of halogens is 1. The molecule has 1 aliphatic rings. The number of nitrogens with zero attached hydrogens (tertiary/aromatic N) is 2. The number of aryl methyl sites for hydroxylation is 3. The lowest BCUT2D eigenvalue weighted by Crippen LogP contribution is -2.28. The zero-order valence-electron chi connectivity index (χ0n) is 18.8. The largest absolute Gasteiger partial charge is 0.317 e. The fraction of sp³-hybridized carbons (Fsp3) is 0.357. The Morgan fingerprint density at radius 1 is 1.09 bits per heavy atom. The second-order valence-electron chi connectivity index (χ2n) is 8.45. The minimum absolute atomic E-state index is 0. The lowest BCUT2D eigenvalue weighted by molar-refractivity contribution is 0.419. The van der Waals surface area contributed by atoms with Gasteiger partial charge in [-0.15, -0.1) is 0 Å². The number of allylic oxidation sites excluding steroid dienone is 1. The number of nitrogens with one attached hydrogen (secondary N) is 1. The number of pyridine rings is 1. The molecule has 0 radical (unpaired) electrons. The number of rotatable bonds is 4. The van der Waals surface area contributed by atoms with Gasteiger partial charge >= 0.3 is 0 Å². The summed E-state index contributed by atoms with van der Waals surface area (Å²) in [5.74, 6) is 0.168. The summed E-state index contributed by atoms with van der Waals surface area (Å²) in [6.45, 7) is 9.89. The Labute approximate surface area is 193 Å². The van der Waals surface area contributed by atoms with Crippen molar-refractivity contribution in [1.29, 1.82) is 0 Å². The summed E-state index contributed by atoms with van der Waals surface area (Å²) in [7, 11) is 0. The Balaban J connectivity index is 0.00000193. The Kier molecular flexibility index (Phi) is 7.57. The summed E-state index contributed by atoms with van der Waals surface area (Å²) in [5, 5.41) is 5.65. The molecule has 0 atom stereocenters. The highest BCUT2D eigenvalue weighted by molar-refractivity contribution is 5.89. The van der Waals surface area contributed by atoms with Crippen molar-refractivity contribution in [2.75, 3.05) is 13.1 Å². The van der Waals surface area contributed by atoms with Crippen molar-refractivity contribution in [2.45, 2.75) is 48.0 Å². The van der Waals surface area contributed by atoms with Gasteiger partial charge in [-0.1, -0.05) is 25.6 Å². The number of aliphatic imine (C=N–C) groups is 1. The van der Waals surface area contributed by atoms with E-state index in [0.29, 0.717) is 11.5 Å². The van der Waals surface area contributed by atoms with Crippen LogP contribution in [0, 0.1) is 32.5 Å². The molecule has 1 aromatic heterocycles. The van der Waals surface area contributed by atoms with Crippen molar-refractivity contribution in [2.24, 2.45) is 10.9 Å². The van der Waals surface area contributed by atoms with Gasteiger partial charge in [-0.25, -0.2) is 4.39 Å². The van der Waals surface area contributed by atoms with Crippen molar-refractivity contribution in [3.63, 3.8) is 0 Å². The summed E-state index contributed by atoms with van der Waals surface area (Å²) in [4.78, 5) is 9.17. The number of hydrogen-bond acceptors (Lipinski definition) is 3. The summed E-state index contributed by atoms with van der Waals surface area (Å²) in [6, 6.07) is 12.1. The second kappa shape index (κ2) is 10.2. The fourth-order valence-corrected chi connectivity index (χ4v) is 4.54. The molecule has 1 fully saturated rings. The van der Waals surface area contributed by atoms with E-state index in [9.17, 15) is 0 Å². The molecule has 1 saturated heterocycles. The van der Waals surface area contributed by atoms with E-state index in [2.05, 4.69) is 45.6 Å². The molecule has 0 amide bonds. The molecule has 0 aliphatic carbocycles. The van der Waals surface area contributed by atoms with Crippen molar-refractivity contribution in [3.8, 4) is 11.1 Å². The molecule has 4 rings (SSSR count). The Hall–Kier alpha value is -2.85. The van der Waals surface area contributed by atoms with Crippen molar-refractivity contribution < 1.29 is 5.82 Å². The first-order valence-electron chi connectivity index (χ1n) is 11.1. The van der Waals surface area contributed by atoms with Gasteiger partial charge in [-0.05, 0) is 100.0 Å². The maximum Gasteiger partial charge on any atom is 0.131 e. The number of aromatic nitrogens is 1. The third-order valence-corrected chi connectivity index (χ3v) is 6.15. The third kappa shape index (κ3) is 4.97. The minimum Gasteiger partial charge on any atom is -0.317 e. The molecule has 170 valence electrons. The lowest BCUT2D eigenvalue weighted by atomic mass is 9.91. The van der Waals surface area contributed by atoms with Gasteiger partial charge in [-0.2, -0.15) is 0 Å². The first kappa shape index (κ1) is 23.8. The fourth-order valence-electron chi connectivity index (χ4n) is 4.54. The van der Waals surface area contributed by atoms with Crippen LogP contribution in [0.5, 0.6) is 0 Å². The van der Waals surface area contributed by atoms with Crippen LogP contribution in [0.4, 0.5) is 4.39 Å². The Morgan fingerprint density at radius 2 is 1.84 bits per heavy atom. The van der Waals surface area contributed by atoms with E-state index in [1.54, 1.807) is 6.07 Å². The first-order valence-corrected chi connectivity index (χ1v) is 11.1. The van der Waals surface area contributed by atoms with E-state index in [4.69, 9.17) is 0 Å². The molecular formula is C28H36FN3. The summed E-state index contributed by atoms with van der Waals surface area (Å²) in [6.07, 6.45) is 5.82. The molecule has 32 heavy (non-hydrogen) atoms. The molecule has 0 bridgehead atoms. The average molecular weight is 434 g/mol. The molecule has 1 aliphatic heterocycles. The summed E-state index contributed by atoms with van der Waals surface area (Å²) < 4.78 is 15.3. The molecule has 1 N–H and O–H groups in total. The van der Waals surface area contributed by atoms with Crippen LogP contribution >= 0.6 is 0 Å². The van der Waals surface area contributed by atoms with Gasteiger partial charge in [-0.3, -0.25) is 9.98 Å². The predicted octanol–water partition coefficient (Wildman–Crippen LogP) is 7.28. The quantitative estimate of drug-likeness (QED) is 0.439. The number of benzene rings is 2. The van der Waals surface area contributed by atoms with Crippen LogP contribution in [0.1, 0.15) is 51.1 Å². The van der Waals surface area contributed by atoms with Gasteiger partial charge in [0.25, 0.3) is 0 Å². The van der Waals surface area contributed by atoms with Gasteiger partial charge in [0.2, 0.25) is 0 Å². The summed E-state index contributed by atoms with van der Waals surface area (Å²) >= 11 is 0. The van der Waals surface area contributed by atoms with Crippen LogP contribution in [0.15, 0.2) is 47.1 Å². The third-order valence-electron chi connectivity index (χ3n) is 6.15. The lowest BCUT2D eigenvalue weighted by Gasteiger charge is -2.23. The number of piperidine rings is 1. The standard InChI is InChI=1S/C27H30FN3.CH4.H2/c1-5-30-27(20-8-10-29-11-9-20)16-24-17(2)12-23(15-26(24)28)21-6-7-22-13-18(3)31-19(4)25(22)14-21;;/h5-7,12-16,20,29H,8-11H2,1-4H3;1H4;1H/b27-16-,30-5?;;. The van der Waals surface area contributed by atoms with Crippen LogP contribution in [-0.2, 0) is 0 Å². The Morgan fingerprint density at radius 3 is 2.53 bits per heavy atom. The highest BCUT2D eigenvalue weighted by Gasteiger charge is 2.18. The van der Waals surface area contributed by atoms with Gasteiger partial charge in [0.1, 0.15) is 5.82 Å². The van der Waals surface area contributed by atoms with Crippen molar-refractivity contribution >= 4 is 23.1 Å². The van der Waals surface area contributed by atoms with Crippen LogP contribution < -0.4 is 5.32 Å². The normalized spacial score (nSPS) is 15.3. The second-order valence-corrected chi connectivity index (χ2v) is 8.45. The average Bonchev–Trinajstić information content (AvgIpc) is 2.75. The molecular weight excluding hydrogens is 397 g/mol. The SMILES string of the molecule is C.CC=N/C(=C\c1c(C)cc(-c2ccc3cc(C)nc(C)c3c2)cc1F)C1CCNCC1.[HH]. The maximum absolute atomic E-state index is 15.3. The van der Waals surface area contributed by atoms with E-state index < -0.39 is 0 Å². The zero-order valence-corrected chi connectivity index (χ0v) is 18.8. The Bertz CT molecular complexity index is 1150. The van der Waals surface area contributed by atoms with Crippen LogP contribution in [0.3, 0.4) is 0 Å². The first-order chi connectivity index (χ1) is 15.0. The monoisotopic (exact) mass is 433 g/mol. The zero-order chi connectivity index (χ0) is 22.0. The van der Waals surface area contributed by atoms with Crippen molar-refractivity contribution in [1.82, 2.24) is 10.3 Å². The minimum atomic E-state index is -0.202. The van der Waals surface area contributed by atoms with Gasteiger partial charge in [0.15, 0.2) is 0 Å². The molecule has 0 saturated carbocycles. The predicted molar refractivity (Wildman–Crippen MR) is 138 cm³/mol. The highest BCUT2D eigenvalue weighted by atomic mass is 19.1. The summed E-state index contributed by atoms with van der Waals surface area (Å²) in [5.41, 5.74) is 6.43. The molecule has 2 aromatic carbocycles. The van der Waals surface area contributed by atoms with Crippen LogP contribution in [-0.4, -0.2) is 24.3 Å². The van der Waals surface area contributed by atoms with Gasteiger partial charge < -0.3 is 5.32 Å². The van der Waals surface area contributed by atoms with E-state index in [1.807, 2.05) is 40.0 Å². The van der Waals surface area contributed by atoms with E-state index in [1.165, 1.54) is 0 Å².